The number of hydrogen-bond donors (Lipinski definition) is 1. The van der Waals surface area contributed by atoms with Crippen LogP contribution >= 0.6 is 0 Å². The molecular weight excluding hydrogens is 324 g/mol. The van der Waals surface area contributed by atoms with Crippen LogP contribution < -0.4 is 9.64 Å². The molecule has 1 aromatic rings. The maximum Gasteiger partial charge on any atom is 0.326 e. The van der Waals surface area contributed by atoms with Crippen LogP contribution in [0.15, 0.2) is 24.3 Å². The van der Waals surface area contributed by atoms with Gasteiger partial charge < -0.3 is 14.7 Å². The maximum atomic E-state index is 12.8. The fraction of sp³-hybridized carbons (Fsp3) is 0.500. The Morgan fingerprint density at radius 3 is 2.72 bits per heavy atom. The summed E-state index contributed by atoms with van der Waals surface area (Å²) < 4.78 is 5.56. The molecule has 1 N–H and O–H groups in total. The summed E-state index contributed by atoms with van der Waals surface area (Å²) in [5, 5.41) is 9.44. The van der Waals surface area contributed by atoms with Crippen LogP contribution in [0.5, 0.6) is 5.75 Å². The Bertz CT molecular complexity index is 704. The molecule has 2 aliphatic heterocycles. The topological polar surface area (TPSA) is 87.2 Å². The second-order valence-electron chi connectivity index (χ2n) is 6.72. The Kier molecular flexibility index (Phi) is 4.65. The number of amides is 2. The minimum absolute atomic E-state index is 0.179. The van der Waals surface area contributed by atoms with Crippen molar-refractivity contribution in [3.05, 3.63) is 24.3 Å². The van der Waals surface area contributed by atoms with E-state index in [1.807, 2.05) is 6.92 Å². The fourth-order valence-corrected chi connectivity index (χ4v) is 3.42. The lowest BCUT2D eigenvalue weighted by atomic mass is 9.92. The summed E-state index contributed by atoms with van der Waals surface area (Å²) in [5.41, 5.74) is 0.538. The van der Waals surface area contributed by atoms with E-state index in [-0.39, 0.29) is 24.3 Å². The van der Waals surface area contributed by atoms with Crippen LogP contribution in [-0.4, -0.2) is 53.0 Å². The summed E-state index contributed by atoms with van der Waals surface area (Å²) >= 11 is 0. The summed E-state index contributed by atoms with van der Waals surface area (Å²) in [5.74, 6) is -0.844. The van der Waals surface area contributed by atoms with E-state index in [1.165, 1.54) is 9.80 Å². The van der Waals surface area contributed by atoms with Crippen LogP contribution in [-0.2, 0) is 14.4 Å². The number of hydrogen-bond acceptors (Lipinski definition) is 4. The molecule has 134 valence electrons. The first-order valence-corrected chi connectivity index (χ1v) is 8.47. The Morgan fingerprint density at radius 2 is 2.00 bits per heavy atom. The van der Waals surface area contributed by atoms with Gasteiger partial charge in [0.25, 0.3) is 5.91 Å². The molecule has 0 bridgehead atoms. The lowest BCUT2D eigenvalue weighted by Crippen LogP contribution is -2.55. The molecule has 7 heteroatoms. The van der Waals surface area contributed by atoms with Gasteiger partial charge in [0, 0.05) is 6.54 Å². The van der Waals surface area contributed by atoms with Crippen molar-refractivity contribution in [1.82, 2.24) is 4.90 Å². The van der Waals surface area contributed by atoms with Gasteiger partial charge >= 0.3 is 5.97 Å². The third-order valence-electron chi connectivity index (χ3n) is 4.84. The first-order chi connectivity index (χ1) is 11.9. The van der Waals surface area contributed by atoms with Crippen molar-refractivity contribution in [3.63, 3.8) is 0 Å². The van der Waals surface area contributed by atoms with Gasteiger partial charge in [0.2, 0.25) is 5.91 Å². The number of aliphatic carboxylic acids is 1. The number of piperidine rings is 1. The summed E-state index contributed by atoms with van der Waals surface area (Å²) in [6.45, 7) is 3.84. The number of rotatable bonds is 3. The number of carboxylic acid groups (broad SMARTS) is 1. The quantitative estimate of drug-likeness (QED) is 0.896. The molecule has 2 amide bonds. The Hall–Kier alpha value is -2.57. The highest BCUT2D eigenvalue weighted by Gasteiger charge is 2.38. The molecule has 2 heterocycles. The average molecular weight is 346 g/mol. The molecule has 1 fully saturated rings. The van der Waals surface area contributed by atoms with Crippen molar-refractivity contribution in [2.45, 2.75) is 38.8 Å². The predicted molar refractivity (Wildman–Crippen MR) is 90.4 cm³/mol. The summed E-state index contributed by atoms with van der Waals surface area (Å²) in [7, 11) is 0. The number of carbonyl (C=O) groups is 3. The largest absolute Gasteiger partial charge is 0.480 e. The van der Waals surface area contributed by atoms with Crippen LogP contribution in [0.3, 0.4) is 0 Å². The normalized spacial score (nSPS) is 26.0. The molecule has 0 spiro atoms. The van der Waals surface area contributed by atoms with Gasteiger partial charge in [0.15, 0.2) is 6.10 Å². The summed E-state index contributed by atoms with van der Waals surface area (Å²) in [4.78, 5) is 39.6. The van der Waals surface area contributed by atoms with Gasteiger partial charge in [-0.1, -0.05) is 19.1 Å². The van der Waals surface area contributed by atoms with Crippen LogP contribution in [0, 0.1) is 5.92 Å². The van der Waals surface area contributed by atoms with Crippen molar-refractivity contribution < 1.29 is 24.2 Å². The Labute approximate surface area is 146 Å². The van der Waals surface area contributed by atoms with E-state index in [2.05, 4.69) is 0 Å². The molecule has 3 atom stereocenters. The number of carbonyl (C=O) groups excluding carboxylic acids is 2. The number of anilines is 1. The minimum atomic E-state index is -0.998. The van der Waals surface area contributed by atoms with Crippen molar-refractivity contribution in [1.29, 1.82) is 0 Å². The molecule has 1 saturated heterocycles. The number of para-hydroxylation sites is 2. The van der Waals surface area contributed by atoms with Crippen molar-refractivity contribution >= 4 is 23.5 Å². The number of fused-ring (bicyclic) bond motifs is 1. The summed E-state index contributed by atoms with van der Waals surface area (Å²) in [6.07, 6.45) is 0.518. The van der Waals surface area contributed by atoms with Crippen LogP contribution in [0.4, 0.5) is 5.69 Å². The Morgan fingerprint density at radius 1 is 1.28 bits per heavy atom. The molecule has 0 aliphatic carbocycles. The number of likely N-dealkylation sites (tertiary alicyclic amines) is 1. The average Bonchev–Trinajstić information content (AvgIpc) is 2.58. The molecule has 7 nitrogen and oxygen atoms in total. The molecule has 3 rings (SSSR count). The zero-order valence-electron chi connectivity index (χ0n) is 14.3. The third kappa shape index (κ3) is 3.31. The van der Waals surface area contributed by atoms with Crippen LogP contribution in [0.2, 0.25) is 0 Å². The van der Waals surface area contributed by atoms with E-state index < -0.39 is 18.1 Å². The highest BCUT2D eigenvalue weighted by atomic mass is 16.5. The molecule has 1 aromatic carbocycles. The number of benzene rings is 1. The highest BCUT2D eigenvalue weighted by Crippen LogP contribution is 2.34. The molecule has 0 radical (unpaired) electrons. The SMILES string of the molecule is CC1CCN(C(=O)CN2C(=O)C(C)Oc3ccccc32)C(C(=O)O)C1. The Balaban J connectivity index is 1.82. The van der Waals surface area contributed by atoms with Crippen molar-refractivity contribution in [2.24, 2.45) is 5.92 Å². The lowest BCUT2D eigenvalue weighted by Gasteiger charge is -2.38. The molecule has 25 heavy (non-hydrogen) atoms. The number of ether oxygens (including phenoxy) is 1. The monoisotopic (exact) mass is 346 g/mol. The summed E-state index contributed by atoms with van der Waals surface area (Å²) in [6, 6.07) is 6.21. The second kappa shape index (κ2) is 6.74. The van der Waals surface area contributed by atoms with Crippen molar-refractivity contribution in [2.75, 3.05) is 18.0 Å². The minimum Gasteiger partial charge on any atom is -0.480 e. The third-order valence-corrected chi connectivity index (χ3v) is 4.84. The number of nitrogens with zero attached hydrogens (tertiary/aromatic N) is 2. The van der Waals surface area contributed by atoms with Gasteiger partial charge in [0.05, 0.1) is 5.69 Å². The van der Waals surface area contributed by atoms with E-state index in [9.17, 15) is 19.5 Å². The maximum absolute atomic E-state index is 12.8. The van der Waals surface area contributed by atoms with E-state index in [1.54, 1.807) is 31.2 Å². The zero-order chi connectivity index (χ0) is 18.1. The van der Waals surface area contributed by atoms with Gasteiger partial charge in [-0.15, -0.1) is 0 Å². The zero-order valence-corrected chi connectivity index (χ0v) is 14.3. The molecular formula is C18H22N2O5. The first-order valence-electron chi connectivity index (χ1n) is 8.47. The van der Waals surface area contributed by atoms with Gasteiger partial charge in [-0.3, -0.25) is 14.5 Å². The molecule has 0 saturated carbocycles. The molecule has 3 unspecified atom stereocenters. The molecule has 0 aromatic heterocycles. The van der Waals surface area contributed by atoms with E-state index in [0.717, 1.165) is 6.42 Å². The van der Waals surface area contributed by atoms with E-state index in [4.69, 9.17) is 4.74 Å². The van der Waals surface area contributed by atoms with Gasteiger partial charge in [0.1, 0.15) is 18.3 Å². The highest BCUT2D eigenvalue weighted by molar-refractivity contribution is 6.04. The van der Waals surface area contributed by atoms with Crippen molar-refractivity contribution in [3.8, 4) is 5.75 Å². The lowest BCUT2D eigenvalue weighted by molar-refractivity contribution is -0.152. The fourth-order valence-electron chi connectivity index (χ4n) is 3.42. The number of carboxylic acids is 1. The molecule has 2 aliphatic rings. The van der Waals surface area contributed by atoms with E-state index >= 15 is 0 Å². The van der Waals surface area contributed by atoms with Gasteiger partial charge in [-0.25, -0.2) is 4.79 Å². The smallest absolute Gasteiger partial charge is 0.326 e. The second-order valence-corrected chi connectivity index (χ2v) is 6.72. The van der Waals surface area contributed by atoms with Crippen LogP contribution in [0.25, 0.3) is 0 Å². The van der Waals surface area contributed by atoms with Gasteiger partial charge in [-0.2, -0.15) is 0 Å². The van der Waals surface area contributed by atoms with Gasteiger partial charge in [-0.05, 0) is 37.8 Å². The van der Waals surface area contributed by atoms with Crippen LogP contribution in [0.1, 0.15) is 26.7 Å². The standard InChI is InChI=1S/C18H22N2O5/c1-11-7-8-19(14(9-11)18(23)24)16(21)10-20-13-5-3-4-6-15(13)25-12(2)17(20)22/h3-6,11-12,14H,7-10H2,1-2H3,(H,23,24). The van der Waals surface area contributed by atoms with E-state index in [0.29, 0.717) is 24.4 Å². The first kappa shape index (κ1) is 17.3. The predicted octanol–water partition coefficient (Wildman–Crippen LogP) is 1.51.